The highest BCUT2D eigenvalue weighted by Crippen LogP contribution is 2.39. The van der Waals surface area contributed by atoms with Crippen molar-refractivity contribution in [3.8, 4) is 0 Å². The van der Waals surface area contributed by atoms with Gasteiger partial charge in [-0.25, -0.2) is 4.79 Å². The predicted molar refractivity (Wildman–Crippen MR) is 122 cm³/mol. The Morgan fingerprint density at radius 2 is 1.68 bits per heavy atom. The van der Waals surface area contributed by atoms with E-state index in [1.807, 2.05) is 32.6 Å². The molecule has 9 nitrogen and oxygen atoms in total. The number of aryl methyl sites for hydroxylation is 2. The summed E-state index contributed by atoms with van der Waals surface area (Å²) >= 11 is 3.01. The van der Waals surface area contributed by atoms with E-state index >= 15 is 0 Å². The Balaban J connectivity index is 1.61. The van der Waals surface area contributed by atoms with Crippen molar-refractivity contribution in [3.63, 3.8) is 0 Å². The van der Waals surface area contributed by atoms with E-state index in [0.29, 0.717) is 16.8 Å². The molecule has 1 aliphatic rings. The van der Waals surface area contributed by atoms with Gasteiger partial charge in [0.2, 0.25) is 0 Å². The standard InChI is InChI=1S/C20H23N7O2S2/c1-20(4-5-20)23-31-16-6-15-17(28)26(11-13-7-21-24(2)9-13)19(29)27(18(15)30-16)12-14-8-22-25(3)10-14/h6-10,23H,4-5,11-12H2,1-3H3. The lowest BCUT2D eigenvalue weighted by Crippen LogP contribution is -2.40. The Bertz CT molecular complexity index is 1390. The van der Waals surface area contributed by atoms with Gasteiger partial charge in [0.1, 0.15) is 4.83 Å². The Morgan fingerprint density at radius 1 is 1.06 bits per heavy atom. The monoisotopic (exact) mass is 457 g/mol. The van der Waals surface area contributed by atoms with Crippen LogP contribution in [0.2, 0.25) is 0 Å². The maximum absolute atomic E-state index is 13.4. The SMILES string of the molecule is Cn1cc(Cn2c(=O)c3cc(SNC4(C)CC4)sc3n(Cc3cnn(C)c3)c2=O)cn1. The van der Waals surface area contributed by atoms with Gasteiger partial charge in [-0.1, -0.05) is 0 Å². The Hall–Kier alpha value is -2.63. The number of aromatic nitrogens is 6. The summed E-state index contributed by atoms with van der Waals surface area (Å²) in [5.74, 6) is 0. The molecule has 11 heteroatoms. The van der Waals surface area contributed by atoms with E-state index in [9.17, 15) is 9.59 Å². The van der Waals surface area contributed by atoms with Gasteiger partial charge in [0.05, 0.1) is 35.1 Å². The van der Waals surface area contributed by atoms with Crippen molar-refractivity contribution in [1.82, 2.24) is 33.4 Å². The molecule has 0 amide bonds. The van der Waals surface area contributed by atoms with Gasteiger partial charge in [0.25, 0.3) is 5.56 Å². The molecule has 0 bridgehead atoms. The minimum Gasteiger partial charge on any atom is -0.280 e. The summed E-state index contributed by atoms with van der Waals surface area (Å²) in [5.41, 5.74) is 1.28. The summed E-state index contributed by atoms with van der Waals surface area (Å²) in [5, 5.41) is 8.93. The molecule has 1 aliphatic carbocycles. The third-order valence-electron chi connectivity index (χ3n) is 5.47. The molecule has 4 aromatic rings. The van der Waals surface area contributed by atoms with Gasteiger partial charge in [-0.2, -0.15) is 10.2 Å². The lowest BCUT2D eigenvalue weighted by molar-refractivity contribution is 0.637. The first kappa shape index (κ1) is 20.3. The van der Waals surface area contributed by atoms with Crippen LogP contribution in [-0.2, 0) is 27.2 Å². The maximum Gasteiger partial charge on any atom is 0.332 e. The van der Waals surface area contributed by atoms with Crippen molar-refractivity contribution in [2.24, 2.45) is 14.1 Å². The van der Waals surface area contributed by atoms with Gasteiger partial charge in [0.15, 0.2) is 0 Å². The normalized spacial score (nSPS) is 15.1. The average molecular weight is 458 g/mol. The molecule has 0 aliphatic heterocycles. The predicted octanol–water partition coefficient (Wildman–Crippen LogP) is 1.94. The van der Waals surface area contributed by atoms with E-state index in [1.165, 1.54) is 27.9 Å². The third-order valence-corrected chi connectivity index (χ3v) is 7.84. The number of rotatable bonds is 7. The lowest BCUT2D eigenvalue weighted by Gasteiger charge is -2.10. The Morgan fingerprint density at radius 3 is 2.23 bits per heavy atom. The van der Waals surface area contributed by atoms with Crippen LogP contribution in [0.1, 0.15) is 30.9 Å². The molecule has 1 N–H and O–H groups in total. The molecule has 31 heavy (non-hydrogen) atoms. The van der Waals surface area contributed by atoms with Crippen molar-refractivity contribution >= 4 is 33.5 Å². The summed E-state index contributed by atoms with van der Waals surface area (Å²) < 4.78 is 10.8. The first-order valence-electron chi connectivity index (χ1n) is 9.98. The second kappa shape index (κ2) is 7.50. The van der Waals surface area contributed by atoms with Crippen LogP contribution < -0.4 is 16.0 Å². The summed E-state index contributed by atoms with van der Waals surface area (Å²) in [7, 11) is 3.65. The fourth-order valence-corrected chi connectivity index (χ4v) is 5.58. The van der Waals surface area contributed by atoms with Crippen LogP contribution in [-0.4, -0.2) is 34.2 Å². The smallest absolute Gasteiger partial charge is 0.280 e. The van der Waals surface area contributed by atoms with Crippen LogP contribution in [0, 0.1) is 0 Å². The molecule has 0 radical (unpaired) electrons. The average Bonchev–Trinajstić information content (AvgIpc) is 3.08. The molecule has 0 saturated heterocycles. The zero-order valence-corrected chi connectivity index (χ0v) is 19.2. The van der Waals surface area contributed by atoms with Crippen molar-refractivity contribution < 1.29 is 0 Å². The molecule has 1 saturated carbocycles. The largest absolute Gasteiger partial charge is 0.332 e. The van der Waals surface area contributed by atoms with E-state index in [1.54, 1.807) is 26.3 Å². The molecule has 0 unspecified atom stereocenters. The van der Waals surface area contributed by atoms with Crippen LogP contribution >= 0.6 is 23.3 Å². The van der Waals surface area contributed by atoms with Gasteiger partial charge in [-0.15, -0.1) is 11.3 Å². The van der Waals surface area contributed by atoms with Crippen LogP contribution in [0.4, 0.5) is 0 Å². The zero-order valence-electron chi connectivity index (χ0n) is 17.5. The molecule has 4 heterocycles. The third kappa shape index (κ3) is 4.00. The number of thiophene rings is 1. The summed E-state index contributed by atoms with van der Waals surface area (Å²) in [6.07, 6.45) is 9.41. The van der Waals surface area contributed by atoms with Gasteiger partial charge in [-0.3, -0.25) is 28.0 Å². The van der Waals surface area contributed by atoms with E-state index in [4.69, 9.17) is 0 Å². The molecular weight excluding hydrogens is 434 g/mol. The number of fused-ring (bicyclic) bond motifs is 1. The van der Waals surface area contributed by atoms with Crippen LogP contribution in [0.3, 0.4) is 0 Å². The van der Waals surface area contributed by atoms with Crippen LogP contribution in [0.5, 0.6) is 0 Å². The highest BCUT2D eigenvalue weighted by molar-refractivity contribution is 7.99. The lowest BCUT2D eigenvalue weighted by atomic mass is 10.3. The van der Waals surface area contributed by atoms with Crippen molar-refractivity contribution in [1.29, 1.82) is 0 Å². The van der Waals surface area contributed by atoms with Gasteiger partial charge in [0, 0.05) is 43.2 Å². The number of nitrogens with one attached hydrogen (secondary N) is 1. The zero-order chi connectivity index (χ0) is 21.8. The number of hydrogen-bond acceptors (Lipinski definition) is 7. The first-order chi connectivity index (χ1) is 14.8. The van der Waals surface area contributed by atoms with Crippen molar-refractivity contribution in [2.75, 3.05) is 0 Å². The van der Waals surface area contributed by atoms with Crippen LogP contribution in [0.25, 0.3) is 10.2 Å². The van der Waals surface area contributed by atoms with E-state index < -0.39 is 0 Å². The van der Waals surface area contributed by atoms with E-state index in [-0.39, 0.29) is 23.3 Å². The molecule has 0 spiro atoms. The Kier molecular flexibility index (Phi) is 4.91. The summed E-state index contributed by atoms with van der Waals surface area (Å²) in [4.78, 5) is 27.4. The first-order valence-corrected chi connectivity index (χ1v) is 11.6. The number of nitrogens with zero attached hydrogens (tertiary/aromatic N) is 6. The van der Waals surface area contributed by atoms with E-state index in [0.717, 1.165) is 28.2 Å². The Labute approximate surface area is 186 Å². The highest BCUT2D eigenvalue weighted by Gasteiger charge is 2.37. The maximum atomic E-state index is 13.4. The summed E-state index contributed by atoms with van der Waals surface area (Å²) in [6.45, 7) is 2.72. The minimum atomic E-state index is -0.328. The fourth-order valence-electron chi connectivity index (χ4n) is 3.44. The van der Waals surface area contributed by atoms with Gasteiger partial charge in [-0.05, 0) is 37.8 Å². The molecule has 162 valence electrons. The van der Waals surface area contributed by atoms with E-state index in [2.05, 4.69) is 21.8 Å². The number of hydrogen-bond donors (Lipinski definition) is 1. The quantitative estimate of drug-likeness (QED) is 0.427. The highest BCUT2D eigenvalue weighted by atomic mass is 32.2. The van der Waals surface area contributed by atoms with Crippen molar-refractivity contribution in [2.45, 2.75) is 42.6 Å². The molecule has 0 aromatic carbocycles. The second-order valence-corrected chi connectivity index (χ2v) is 10.5. The fraction of sp³-hybridized carbons (Fsp3) is 0.400. The van der Waals surface area contributed by atoms with Gasteiger partial charge < -0.3 is 0 Å². The summed E-state index contributed by atoms with van der Waals surface area (Å²) in [6, 6.07) is 1.89. The van der Waals surface area contributed by atoms with Gasteiger partial charge >= 0.3 is 5.69 Å². The molecular formula is C20H23N7O2S2. The molecule has 5 rings (SSSR count). The molecule has 4 aromatic heterocycles. The van der Waals surface area contributed by atoms with Crippen LogP contribution in [0.15, 0.2) is 44.7 Å². The molecule has 0 atom stereocenters. The van der Waals surface area contributed by atoms with Crippen molar-refractivity contribution in [3.05, 3.63) is 62.8 Å². The molecule has 1 fully saturated rings. The topological polar surface area (TPSA) is 91.7 Å². The second-order valence-electron chi connectivity index (χ2n) is 8.35. The minimum absolute atomic E-state index is 0.163.